The fraction of sp³-hybridized carbons (Fsp3) is 0.348. The molecular weight excluding hydrogens is 396 g/mol. The number of nitrogens with one attached hydrogen (secondary N) is 1. The van der Waals surface area contributed by atoms with Gasteiger partial charge in [0.25, 0.3) is 0 Å². The van der Waals surface area contributed by atoms with Gasteiger partial charge >= 0.3 is 0 Å². The van der Waals surface area contributed by atoms with E-state index in [4.69, 9.17) is 4.74 Å². The van der Waals surface area contributed by atoms with Gasteiger partial charge in [0, 0.05) is 24.4 Å². The molecule has 1 N–H and O–H groups in total. The fourth-order valence-corrected chi connectivity index (χ4v) is 4.25. The monoisotopic (exact) mass is 422 g/mol. The highest BCUT2D eigenvalue weighted by atomic mass is 32.2. The second-order valence-corrected chi connectivity index (χ2v) is 8.20. The second-order valence-electron chi connectivity index (χ2n) is 7.26. The highest BCUT2D eigenvalue weighted by molar-refractivity contribution is 7.99. The van der Waals surface area contributed by atoms with Crippen LogP contribution in [0.25, 0.3) is 17.1 Å². The fourth-order valence-electron chi connectivity index (χ4n) is 3.47. The van der Waals surface area contributed by atoms with Gasteiger partial charge in [0.05, 0.1) is 11.9 Å². The molecule has 6 nitrogen and oxygen atoms in total. The Hall–Kier alpha value is -2.64. The highest BCUT2D eigenvalue weighted by Crippen LogP contribution is 2.28. The number of hydrogen-bond donors (Lipinski definition) is 1. The zero-order chi connectivity index (χ0) is 20.8. The van der Waals surface area contributed by atoms with Gasteiger partial charge in [0.1, 0.15) is 0 Å². The van der Waals surface area contributed by atoms with Crippen LogP contribution in [0.5, 0.6) is 0 Å². The molecule has 30 heavy (non-hydrogen) atoms. The summed E-state index contributed by atoms with van der Waals surface area (Å²) in [6.45, 7) is 3.50. The second kappa shape index (κ2) is 9.91. The van der Waals surface area contributed by atoms with E-state index in [0.717, 1.165) is 42.9 Å². The van der Waals surface area contributed by atoms with Crippen molar-refractivity contribution in [1.82, 2.24) is 20.1 Å². The molecule has 3 aromatic rings. The zero-order valence-electron chi connectivity index (χ0n) is 17.1. The molecule has 1 fully saturated rings. The third kappa shape index (κ3) is 4.91. The SMILES string of the molecule is CCc1ccc(-n2c(SCC(=O)NC[C@H]3CCCO3)nnc2-c2ccccc2)cc1. The number of nitrogens with zero attached hydrogens (tertiary/aromatic N) is 3. The van der Waals surface area contributed by atoms with E-state index < -0.39 is 0 Å². The van der Waals surface area contributed by atoms with Crippen molar-refractivity contribution < 1.29 is 9.53 Å². The predicted molar refractivity (Wildman–Crippen MR) is 119 cm³/mol. The molecule has 156 valence electrons. The van der Waals surface area contributed by atoms with Crippen LogP contribution in [-0.2, 0) is 16.0 Å². The maximum atomic E-state index is 12.3. The summed E-state index contributed by atoms with van der Waals surface area (Å²) in [5, 5.41) is 12.5. The van der Waals surface area contributed by atoms with E-state index in [0.29, 0.717) is 11.7 Å². The molecule has 0 radical (unpaired) electrons. The van der Waals surface area contributed by atoms with E-state index >= 15 is 0 Å². The third-order valence-electron chi connectivity index (χ3n) is 5.15. The zero-order valence-corrected chi connectivity index (χ0v) is 17.9. The number of thioether (sulfide) groups is 1. The molecule has 4 rings (SSSR count). The number of rotatable bonds is 8. The Morgan fingerprint density at radius 2 is 1.97 bits per heavy atom. The molecule has 2 aromatic carbocycles. The normalized spacial score (nSPS) is 16.0. The van der Waals surface area contributed by atoms with Crippen LogP contribution in [0, 0.1) is 0 Å². The van der Waals surface area contributed by atoms with Gasteiger partial charge in [0.15, 0.2) is 11.0 Å². The van der Waals surface area contributed by atoms with Crippen LogP contribution in [0.15, 0.2) is 59.8 Å². The van der Waals surface area contributed by atoms with Crippen molar-refractivity contribution in [2.45, 2.75) is 37.4 Å². The summed E-state index contributed by atoms with van der Waals surface area (Å²) in [6.07, 6.45) is 3.21. The summed E-state index contributed by atoms with van der Waals surface area (Å²) < 4.78 is 7.59. The molecule has 1 saturated heterocycles. The molecule has 1 atom stereocenters. The van der Waals surface area contributed by atoms with E-state index in [-0.39, 0.29) is 17.8 Å². The summed E-state index contributed by atoms with van der Waals surface area (Å²) in [6, 6.07) is 18.4. The van der Waals surface area contributed by atoms with Crippen molar-refractivity contribution >= 4 is 17.7 Å². The van der Waals surface area contributed by atoms with Gasteiger partial charge in [-0.15, -0.1) is 10.2 Å². The van der Waals surface area contributed by atoms with Crippen molar-refractivity contribution in [3.63, 3.8) is 0 Å². The van der Waals surface area contributed by atoms with Crippen molar-refractivity contribution in [3.05, 3.63) is 60.2 Å². The molecule has 0 spiro atoms. The number of amides is 1. The summed E-state index contributed by atoms with van der Waals surface area (Å²) in [7, 11) is 0. The van der Waals surface area contributed by atoms with E-state index in [9.17, 15) is 4.79 Å². The molecule has 1 amide bonds. The number of carbonyl (C=O) groups is 1. The van der Waals surface area contributed by atoms with E-state index in [2.05, 4.69) is 46.7 Å². The van der Waals surface area contributed by atoms with Crippen LogP contribution in [0.3, 0.4) is 0 Å². The minimum absolute atomic E-state index is 0.0207. The largest absolute Gasteiger partial charge is 0.376 e. The van der Waals surface area contributed by atoms with Crippen molar-refractivity contribution in [1.29, 1.82) is 0 Å². The van der Waals surface area contributed by atoms with Gasteiger partial charge < -0.3 is 10.1 Å². The molecule has 2 heterocycles. The van der Waals surface area contributed by atoms with Gasteiger partial charge in [0.2, 0.25) is 5.91 Å². The van der Waals surface area contributed by atoms with Crippen LogP contribution in [0.4, 0.5) is 0 Å². The van der Waals surface area contributed by atoms with Crippen molar-refractivity contribution in [3.8, 4) is 17.1 Å². The molecule has 0 bridgehead atoms. The Morgan fingerprint density at radius 1 is 1.17 bits per heavy atom. The average molecular weight is 423 g/mol. The van der Waals surface area contributed by atoms with Crippen LogP contribution >= 0.6 is 11.8 Å². The van der Waals surface area contributed by atoms with Gasteiger partial charge in [-0.05, 0) is 37.0 Å². The number of aryl methyl sites for hydroxylation is 1. The number of benzene rings is 2. The van der Waals surface area contributed by atoms with Gasteiger partial charge in [-0.2, -0.15) is 0 Å². The number of hydrogen-bond acceptors (Lipinski definition) is 5. The maximum Gasteiger partial charge on any atom is 0.230 e. The van der Waals surface area contributed by atoms with Crippen LogP contribution in [-0.4, -0.2) is 45.7 Å². The third-order valence-corrected chi connectivity index (χ3v) is 6.08. The van der Waals surface area contributed by atoms with Crippen LogP contribution in [0.2, 0.25) is 0 Å². The lowest BCUT2D eigenvalue weighted by Crippen LogP contribution is -2.32. The average Bonchev–Trinajstić information content (AvgIpc) is 3.47. The maximum absolute atomic E-state index is 12.3. The minimum atomic E-state index is -0.0207. The Bertz CT molecular complexity index is 967. The van der Waals surface area contributed by atoms with E-state index in [1.54, 1.807) is 0 Å². The Morgan fingerprint density at radius 3 is 2.67 bits per heavy atom. The quantitative estimate of drug-likeness (QED) is 0.558. The summed E-state index contributed by atoms with van der Waals surface area (Å²) in [5.74, 6) is 1.03. The lowest BCUT2D eigenvalue weighted by atomic mass is 10.1. The molecule has 0 unspecified atom stereocenters. The first kappa shape index (κ1) is 20.6. The summed E-state index contributed by atoms with van der Waals surface area (Å²) >= 11 is 1.39. The topological polar surface area (TPSA) is 69.0 Å². The van der Waals surface area contributed by atoms with Gasteiger partial charge in [-0.3, -0.25) is 9.36 Å². The van der Waals surface area contributed by atoms with Gasteiger partial charge in [-0.1, -0.05) is 61.2 Å². The summed E-state index contributed by atoms with van der Waals surface area (Å²) in [4.78, 5) is 12.3. The molecular formula is C23H26N4O2S. The molecule has 1 aliphatic rings. The number of aromatic nitrogens is 3. The van der Waals surface area contributed by atoms with E-state index in [1.807, 2.05) is 34.9 Å². The molecule has 0 aliphatic carbocycles. The van der Waals surface area contributed by atoms with Crippen LogP contribution < -0.4 is 5.32 Å². The van der Waals surface area contributed by atoms with Crippen molar-refractivity contribution in [2.75, 3.05) is 18.9 Å². The van der Waals surface area contributed by atoms with E-state index in [1.165, 1.54) is 17.3 Å². The minimum Gasteiger partial charge on any atom is -0.376 e. The Kier molecular flexibility index (Phi) is 6.81. The van der Waals surface area contributed by atoms with Gasteiger partial charge in [-0.25, -0.2) is 0 Å². The number of carbonyl (C=O) groups excluding carboxylic acids is 1. The smallest absolute Gasteiger partial charge is 0.230 e. The predicted octanol–water partition coefficient (Wildman–Crippen LogP) is 3.88. The summed E-state index contributed by atoms with van der Waals surface area (Å²) in [5.41, 5.74) is 3.24. The Balaban J connectivity index is 1.53. The molecule has 0 saturated carbocycles. The molecule has 7 heteroatoms. The molecule has 1 aromatic heterocycles. The number of ether oxygens (including phenoxy) is 1. The highest BCUT2D eigenvalue weighted by Gasteiger charge is 2.19. The lowest BCUT2D eigenvalue weighted by molar-refractivity contribution is -0.119. The molecule has 1 aliphatic heterocycles. The van der Waals surface area contributed by atoms with Crippen LogP contribution in [0.1, 0.15) is 25.3 Å². The Labute approximate surface area is 181 Å². The first-order valence-corrected chi connectivity index (χ1v) is 11.3. The standard InChI is InChI=1S/C23H26N4O2S/c1-2-17-10-12-19(13-11-17)27-22(18-7-4-3-5-8-18)25-26-23(27)30-16-21(28)24-15-20-9-6-14-29-20/h3-5,7-8,10-13,20H,2,6,9,14-16H2,1H3,(H,24,28)/t20-/m1/s1. The first-order chi connectivity index (χ1) is 14.7. The van der Waals surface area contributed by atoms with Crippen molar-refractivity contribution in [2.24, 2.45) is 0 Å². The first-order valence-electron chi connectivity index (χ1n) is 10.4. The lowest BCUT2D eigenvalue weighted by Gasteiger charge is -2.12.